The van der Waals surface area contributed by atoms with Gasteiger partial charge in [0.05, 0.1) is 27.1 Å². The Kier molecular flexibility index (Phi) is 6.50. The number of fused-ring (bicyclic) bond motifs is 12. The largest absolute Gasteiger partial charge is 0.308 e. The normalized spacial score (nSPS) is 13.2. The van der Waals surface area contributed by atoms with Crippen molar-refractivity contribution in [1.82, 2.24) is 9.55 Å². The average molecular weight is 695 g/mol. The minimum absolute atomic E-state index is 0.130. The predicted octanol–water partition coefficient (Wildman–Crippen LogP) is 13.9. The van der Waals surface area contributed by atoms with Crippen molar-refractivity contribution in [3.05, 3.63) is 181 Å². The molecule has 53 heavy (non-hydrogen) atoms. The van der Waals surface area contributed by atoms with Gasteiger partial charge in [0, 0.05) is 48.5 Å². The summed E-state index contributed by atoms with van der Waals surface area (Å²) < 4.78 is 5.21. The molecule has 3 aromatic heterocycles. The molecule has 0 radical (unpaired) electrons. The van der Waals surface area contributed by atoms with Crippen molar-refractivity contribution in [2.24, 2.45) is 0 Å². The molecule has 3 heterocycles. The average Bonchev–Trinajstić information content (AvgIpc) is 3.84. The Labute approximate surface area is 312 Å². The topological polar surface area (TPSA) is 17.8 Å². The molecule has 1 aliphatic rings. The van der Waals surface area contributed by atoms with Gasteiger partial charge in [-0.25, -0.2) is 4.98 Å². The zero-order valence-corrected chi connectivity index (χ0v) is 30.3. The lowest BCUT2D eigenvalue weighted by atomic mass is 9.80. The molecule has 0 atom stereocenters. The van der Waals surface area contributed by atoms with Gasteiger partial charge in [-0.2, -0.15) is 0 Å². The molecule has 0 amide bonds. The van der Waals surface area contributed by atoms with Crippen LogP contribution >= 0.6 is 11.3 Å². The van der Waals surface area contributed by atoms with Crippen LogP contribution in [0.2, 0.25) is 0 Å². The second-order valence-corrected chi connectivity index (χ2v) is 15.8. The number of rotatable bonds is 4. The first kappa shape index (κ1) is 30.3. The first-order valence-electron chi connectivity index (χ1n) is 18.3. The second-order valence-electron chi connectivity index (χ2n) is 14.7. The van der Waals surface area contributed by atoms with E-state index in [4.69, 9.17) is 4.98 Å². The highest BCUT2D eigenvalue weighted by molar-refractivity contribution is 7.26. The fourth-order valence-electron chi connectivity index (χ4n) is 8.98. The van der Waals surface area contributed by atoms with E-state index in [9.17, 15) is 0 Å². The van der Waals surface area contributed by atoms with Crippen molar-refractivity contribution < 1.29 is 0 Å². The summed E-state index contributed by atoms with van der Waals surface area (Å²) in [5, 5.41) is 5.39. The molecule has 0 unspecified atom stereocenters. The van der Waals surface area contributed by atoms with E-state index in [1.54, 1.807) is 0 Å². The number of hydrogen-bond donors (Lipinski definition) is 0. The number of benzene rings is 7. The minimum Gasteiger partial charge on any atom is -0.308 e. The molecule has 0 spiro atoms. The fourth-order valence-corrected chi connectivity index (χ4v) is 10.2. The Morgan fingerprint density at radius 3 is 1.85 bits per heavy atom. The highest BCUT2D eigenvalue weighted by atomic mass is 32.1. The number of para-hydroxylation sites is 1. The summed E-state index contributed by atoms with van der Waals surface area (Å²) in [5.41, 5.74) is 15.6. The Hall–Kier alpha value is -6.29. The van der Waals surface area contributed by atoms with Gasteiger partial charge in [0.1, 0.15) is 0 Å². The first-order valence-corrected chi connectivity index (χ1v) is 19.1. The number of nitrogens with zero attached hydrogens (tertiary/aromatic N) is 2. The van der Waals surface area contributed by atoms with Gasteiger partial charge in [0.25, 0.3) is 0 Å². The van der Waals surface area contributed by atoms with Crippen molar-refractivity contribution in [1.29, 1.82) is 0 Å². The summed E-state index contributed by atoms with van der Waals surface area (Å²) in [7, 11) is 0. The molecule has 0 aliphatic heterocycles. The van der Waals surface area contributed by atoms with Crippen LogP contribution in [0.25, 0.3) is 92.4 Å². The van der Waals surface area contributed by atoms with E-state index >= 15 is 0 Å². The lowest BCUT2D eigenvalue weighted by molar-refractivity contribution is 0.667. The van der Waals surface area contributed by atoms with Crippen molar-refractivity contribution in [3.63, 3.8) is 0 Å². The molecule has 7 aromatic carbocycles. The number of hydrogen-bond acceptors (Lipinski definition) is 2. The van der Waals surface area contributed by atoms with E-state index in [1.165, 1.54) is 64.2 Å². The smallest absolute Gasteiger partial charge is 0.0726 e. The quantitative estimate of drug-likeness (QED) is 0.179. The first-order chi connectivity index (χ1) is 26.1. The second kappa shape index (κ2) is 11.4. The van der Waals surface area contributed by atoms with Gasteiger partial charge in [0.15, 0.2) is 0 Å². The van der Waals surface area contributed by atoms with Gasteiger partial charge in [0.2, 0.25) is 0 Å². The molecule has 11 rings (SSSR count). The van der Waals surface area contributed by atoms with Crippen molar-refractivity contribution in [2.45, 2.75) is 19.3 Å². The summed E-state index contributed by atoms with van der Waals surface area (Å²) in [6.07, 6.45) is 0. The van der Waals surface area contributed by atoms with Crippen molar-refractivity contribution >= 4 is 53.3 Å². The zero-order valence-electron chi connectivity index (χ0n) is 29.5. The van der Waals surface area contributed by atoms with Gasteiger partial charge in [-0.15, -0.1) is 11.3 Å². The van der Waals surface area contributed by atoms with Crippen LogP contribution in [0.4, 0.5) is 0 Å². The molecule has 0 saturated carbocycles. The standard InChI is InChI=1S/C50H34N2S/c1-50(2)39-22-12-9-19-36(39)44-45-37-20-10-13-23-42(37)52(48(45)49-46(47(44)50)38-21-11-14-24-43(38)53-49)35-27-25-31(26-28-35)34-29-40(32-15-5-3-6-16-32)51-41(30-34)33-17-7-4-8-18-33/h3-30H,1-2H3. The van der Waals surface area contributed by atoms with E-state index in [0.717, 1.165) is 39.3 Å². The third-order valence-corrected chi connectivity index (χ3v) is 12.5. The minimum atomic E-state index is -0.130. The van der Waals surface area contributed by atoms with Gasteiger partial charge >= 0.3 is 0 Å². The van der Waals surface area contributed by atoms with Crippen LogP contribution in [0.5, 0.6) is 0 Å². The molecule has 0 saturated heterocycles. The van der Waals surface area contributed by atoms with E-state index in [-0.39, 0.29) is 5.41 Å². The third kappa shape index (κ3) is 4.41. The molecule has 0 fully saturated rings. The van der Waals surface area contributed by atoms with Crippen LogP contribution in [0, 0.1) is 0 Å². The van der Waals surface area contributed by atoms with Crippen LogP contribution < -0.4 is 0 Å². The monoisotopic (exact) mass is 694 g/mol. The molecule has 3 heteroatoms. The molecule has 0 N–H and O–H groups in total. The number of aromatic nitrogens is 2. The van der Waals surface area contributed by atoms with Gasteiger partial charge in [-0.05, 0) is 69.8 Å². The van der Waals surface area contributed by atoms with Gasteiger partial charge in [-0.1, -0.05) is 147 Å². The van der Waals surface area contributed by atoms with Crippen molar-refractivity contribution in [3.8, 4) is 50.5 Å². The summed E-state index contributed by atoms with van der Waals surface area (Å²) >= 11 is 1.93. The summed E-state index contributed by atoms with van der Waals surface area (Å²) in [4.78, 5) is 5.12. The Morgan fingerprint density at radius 2 is 1.13 bits per heavy atom. The van der Waals surface area contributed by atoms with E-state index in [0.29, 0.717) is 0 Å². The summed E-state index contributed by atoms with van der Waals surface area (Å²) in [5.74, 6) is 0. The fraction of sp³-hybridized carbons (Fsp3) is 0.0600. The maximum absolute atomic E-state index is 5.12. The van der Waals surface area contributed by atoms with E-state index in [2.05, 4.69) is 188 Å². The maximum atomic E-state index is 5.12. The van der Waals surface area contributed by atoms with E-state index in [1.807, 2.05) is 11.3 Å². The van der Waals surface area contributed by atoms with Crippen LogP contribution in [0.1, 0.15) is 25.0 Å². The van der Waals surface area contributed by atoms with Gasteiger partial charge < -0.3 is 4.57 Å². The molecular formula is C50H34N2S. The predicted molar refractivity (Wildman–Crippen MR) is 225 cm³/mol. The Bertz CT molecular complexity index is 3000. The van der Waals surface area contributed by atoms with Crippen LogP contribution in [-0.2, 0) is 5.41 Å². The van der Waals surface area contributed by atoms with Crippen LogP contribution in [0.3, 0.4) is 0 Å². The molecule has 1 aliphatic carbocycles. The molecule has 250 valence electrons. The molecule has 10 aromatic rings. The third-order valence-electron chi connectivity index (χ3n) is 11.4. The highest BCUT2D eigenvalue weighted by Gasteiger charge is 2.40. The highest BCUT2D eigenvalue weighted by Crippen LogP contribution is 2.58. The lowest BCUT2D eigenvalue weighted by Gasteiger charge is -2.23. The summed E-state index contributed by atoms with van der Waals surface area (Å²) in [6.45, 7) is 4.83. The zero-order chi connectivity index (χ0) is 35.3. The number of pyridine rings is 1. The molecule has 0 bridgehead atoms. The van der Waals surface area contributed by atoms with Crippen LogP contribution in [0.15, 0.2) is 170 Å². The van der Waals surface area contributed by atoms with Gasteiger partial charge in [-0.3, -0.25) is 0 Å². The Morgan fingerprint density at radius 1 is 0.528 bits per heavy atom. The Balaban J connectivity index is 1.18. The molecule has 2 nitrogen and oxygen atoms in total. The summed E-state index contributed by atoms with van der Waals surface area (Å²) in [6, 6.07) is 61.6. The lowest BCUT2D eigenvalue weighted by Crippen LogP contribution is -2.15. The SMILES string of the molecule is CC1(C)c2ccccc2-c2c1c1c3ccccc3sc1c1c2c2ccccc2n1-c1ccc(-c2cc(-c3ccccc3)nc(-c3ccccc3)c2)cc1. The van der Waals surface area contributed by atoms with E-state index < -0.39 is 0 Å². The van der Waals surface area contributed by atoms with Crippen LogP contribution in [-0.4, -0.2) is 9.55 Å². The maximum Gasteiger partial charge on any atom is 0.0726 e. The number of thiophene rings is 1. The molecular weight excluding hydrogens is 661 g/mol. The van der Waals surface area contributed by atoms with Crippen molar-refractivity contribution in [2.75, 3.05) is 0 Å².